The molecule has 3 rings (SSSR count). The van der Waals surface area contributed by atoms with E-state index in [-0.39, 0.29) is 0 Å². The molecule has 76 valence electrons. The molecule has 0 aromatic heterocycles. The van der Waals surface area contributed by atoms with Crippen LogP contribution in [0.2, 0.25) is 0 Å². The van der Waals surface area contributed by atoms with Gasteiger partial charge in [0.15, 0.2) is 0 Å². The summed E-state index contributed by atoms with van der Waals surface area (Å²) in [7, 11) is 0. The van der Waals surface area contributed by atoms with Crippen molar-refractivity contribution in [3.05, 3.63) is 11.6 Å². The molecule has 0 N–H and O–H groups in total. The monoisotopic (exact) mass is 190 g/mol. The van der Waals surface area contributed by atoms with Crippen LogP contribution in [0.5, 0.6) is 0 Å². The zero-order chi connectivity index (χ0) is 9.38. The lowest BCUT2D eigenvalue weighted by Gasteiger charge is -2.19. The van der Waals surface area contributed by atoms with Crippen molar-refractivity contribution < 1.29 is 0 Å². The highest BCUT2D eigenvalue weighted by Gasteiger charge is 2.35. The van der Waals surface area contributed by atoms with Crippen molar-refractivity contribution >= 4 is 0 Å². The fourth-order valence-corrected chi connectivity index (χ4v) is 3.08. The first-order valence-electron chi connectivity index (χ1n) is 6.05. The number of nitrogens with zero attached hydrogens (tertiary/aromatic N) is 2. The predicted octanol–water partition coefficient (Wildman–Crippen LogP) is 3.49. The Morgan fingerprint density at radius 3 is 2.07 bits per heavy atom. The molecule has 14 heavy (non-hydrogen) atoms. The van der Waals surface area contributed by atoms with Gasteiger partial charge in [-0.1, -0.05) is 25.3 Å². The highest BCUT2D eigenvalue weighted by molar-refractivity contribution is 5.27. The van der Waals surface area contributed by atoms with Gasteiger partial charge < -0.3 is 0 Å². The number of azo groups is 1. The smallest absolute Gasteiger partial charge is 0.0940 e. The summed E-state index contributed by atoms with van der Waals surface area (Å²) in [5, 5.41) is 8.62. The Hall–Kier alpha value is -0.660. The van der Waals surface area contributed by atoms with E-state index in [1.54, 1.807) is 5.57 Å². The molecule has 2 atom stereocenters. The van der Waals surface area contributed by atoms with E-state index in [4.69, 9.17) is 0 Å². The van der Waals surface area contributed by atoms with E-state index in [2.05, 4.69) is 16.3 Å². The van der Waals surface area contributed by atoms with E-state index in [1.165, 1.54) is 44.9 Å². The minimum atomic E-state index is 0.488. The third-order valence-corrected chi connectivity index (χ3v) is 3.91. The Balaban J connectivity index is 1.72. The van der Waals surface area contributed by atoms with Crippen LogP contribution in [0.1, 0.15) is 44.9 Å². The number of rotatable bonds is 1. The van der Waals surface area contributed by atoms with Gasteiger partial charge in [0.25, 0.3) is 0 Å². The molecule has 3 aliphatic rings. The van der Waals surface area contributed by atoms with E-state index in [0.717, 1.165) is 5.92 Å². The van der Waals surface area contributed by atoms with Gasteiger partial charge in [0.2, 0.25) is 0 Å². The van der Waals surface area contributed by atoms with Crippen molar-refractivity contribution in [2.24, 2.45) is 16.1 Å². The largest absolute Gasteiger partial charge is 0.186 e. The Kier molecular flexibility index (Phi) is 2.15. The molecule has 0 aromatic rings. The molecule has 2 fully saturated rings. The summed E-state index contributed by atoms with van der Waals surface area (Å²) < 4.78 is 0. The third kappa shape index (κ3) is 1.41. The molecule has 2 nitrogen and oxygen atoms in total. The molecule has 2 bridgehead atoms. The van der Waals surface area contributed by atoms with Gasteiger partial charge in [-0.15, -0.1) is 0 Å². The average molecular weight is 190 g/mol. The van der Waals surface area contributed by atoms with Crippen LogP contribution < -0.4 is 0 Å². The van der Waals surface area contributed by atoms with E-state index < -0.39 is 0 Å². The van der Waals surface area contributed by atoms with Crippen molar-refractivity contribution in [1.82, 2.24) is 0 Å². The van der Waals surface area contributed by atoms with Gasteiger partial charge in [0.1, 0.15) is 0 Å². The summed E-state index contributed by atoms with van der Waals surface area (Å²) in [4.78, 5) is 0. The lowest BCUT2D eigenvalue weighted by atomic mass is 9.87. The summed E-state index contributed by atoms with van der Waals surface area (Å²) in [6, 6.07) is 0.976. The Morgan fingerprint density at radius 1 is 0.857 bits per heavy atom. The molecule has 2 saturated carbocycles. The van der Waals surface area contributed by atoms with Crippen molar-refractivity contribution in [2.45, 2.75) is 57.0 Å². The van der Waals surface area contributed by atoms with E-state index in [9.17, 15) is 0 Å². The molecule has 0 radical (unpaired) electrons. The predicted molar refractivity (Wildman–Crippen MR) is 56.3 cm³/mol. The molecule has 0 saturated heterocycles. The maximum Gasteiger partial charge on any atom is 0.0940 e. The number of hydrogen-bond acceptors (Lipinski definition) is 2. The van der Waals surface area contributed by atoms with Crippen molar-refractivity contribution in [3.63, 3.8) is 0 Å². The van der Waals surface area contributed by atoms with Crippen LogP contribution in [0.15, 0.2) is 21.9 Å². The van der Waals surface area contributed by atoms with Gasteiger partial charge >= 0.3 is 0 Å². The fourth-order valence-electron chi connectivity index (χ4n) is 3.08. The second kappa shape index (κ2) is 3.48. The second-order valence-electron chi connectivity index (χ2n) is 4.90. The van der Waals surface area contributed by atoms with Gasteiger partial charge in [-0.3, -0.25) is 0 Å². The van der Waals surface area contributed by atoms with E-state index in [0.29, 0.717) is 12.1 Å². The SMILES string of the molecule is C(=C1C2CCC1N=N2)C1CCCCC1. The summed E-state index contributed by atoms with van der Waals surface area (Å²) >= 11 is 0. The average Bonchev–Trinajstić information content (AvgIpc) is 2.80. The normalized spacial score (nSPS) is 36.7. The summed E-state index contributed by atoms with van der Waals surface area (Å²) in [5.74, 6) is 0.852. The first-order chi connectivity index (χ1) is 6.93. The minimum absolute atomic E-state index is 0.488. The maximum atomic E-state index is 4.31. The topological polar surface area (TPSA) is 24.7 Å². The molecular weight excluding hydrogens is 172 g/mol. The molecule has 1 aliphatic heterocycles. The minimum Gasteiger partial charge on any atom is -0.186 e. The van der Waals surface area contributed by atoms with Crippen LogP contribution in [0.4, 0.5) is 0 Å². The highest BCUT2D eigenvalue weighted by atomic mass is 15.2. The molecule has 0 aromatic carbocycles. The van der Waals surface area contributed by atoms with Gasteiger partial charge in [0, 0.05) is 0 Å². The summed E-state index contributed by atoms with van der Waals surface area (Å²) in [5.41, 5.74) is 1.57. The molecule has 2 heteroatoms. The van der Waals surface area contributed by atoms with Crippen molar-refractivity contribution in [2.75, 3.05) is 0 Å². The van der Waals surface area contributed by atoms with Crippen molar-refractivity contribution in [1.29, 1.82) is 0 Å². The number of allylic oxidation sites excluding steroid dienone is 1. The van der Waals surface area contributed by atoms with Crippen LogP contribution in [0.25, 0.3) is 0 Å². The third-order valence-electron chi connectivity index (χ3n) is 3.91. The Bertz CT molecular complexity index is 258. The lowest BCUT2D eigenvalue weighted by Crippen LogP contribution is -2.08. The summed E-state index contributed by atoms with van der Waals surface area (Å²) in [6.07, 6.45) is 12.2. The van der Waals surface area contributed by atoms with Gasteiger partial charge in [-0.25, -0.2) is 0 Å². The first kappa shape index (κ1) is 8.63. The molecule has 0 spiro atoms. The van der Waals surface area contributed by atoms with E-state index in [1.807, 2.05) is 0 Å². The zero-order valence-corrected chi connectivity index (χ0v) is 8.65. The quantitative estimate of drug-likeness (QED) is 0.565. The maximum absolute atomic E-state index is 4.31. The number of hydrogen-bond donors (Lipinski definition) is 0. The second-order valence-corrected chi connectivity index (χ2v) is 4.90. The van der Waals surface area contributed by atoms with Gasteiger partial charge in [0.05, 0.1) is 12.1 Å². The van der Waals surface area contributed by atoms with E-state index >= 15 is 0 Å². The van der Waals surface area contributed by atoms with Crippen LogP contribution in [0.3, 0.4) is 0 Å². The van der Waals surface area contributed by atoms with Crippen LogP contribution in [-0.4, -0.2) is 12.1 Å². The van der Waals surface area contributed by atoms with Gasteiger partial charge in [-0.2, -0.15) is 10.2 Å². The molecular formula is C12H18N2. The molecule has 0 amide bonds. The lowest BCUT2D eigenvalue weighted by molar-refractivity contribution is 0.417. The standard InChI is InChI=1S/C12H18N2/c1-2-4-9(5-3-1)8-10-11-6-7-12(10)14-13-11/h8-9,11-12H,1-7H2. The zero-order valence-electron chi connectivity index (χ0n) is 8.65. The van der Waals surface area contributed by atoms with Crippen LogP contribution >= 0.6 is 0 Å². The first-order valence-corrected chi connectivity index (χ1v) is 6.05. The van der Waals surface area contributed by atoms with Gasteiger partial charge in [-0.05, 0) is 37.2 Å². The highest BCUT2D eigenvalue weighted by Crippen LogP contribution is 2.39. The van der Waals surface area contributed by atoms with Crippen LogP contribution in [-0.2, 0) is 0 Å². The van der Waals surface area contributed by atoms with Crippen molar-refractivity contribution in [3.8, 4) is 0 Å². The molecule has 2 unspecified atom stereocenters. The fraction of sp³-hybridized carbons (Fsp3) is 0.833. The number of fused-ring (bicyclic) bond motifs is 2. The Labute approximate surface area is 85.5 Å². The molecule has 1 heterocycles. The molecule has 2 aliphatic carbocycles. The Morgan fingerprint density at radius 2 is 1.50 bits per heavy atom. The summed E-state index contributed by atoms with van der Waals surface area (Å²) in [6.45, 7) is 0. The van der Waals surface area contributed by atoms with Crippen LogP contribution in [0, 0.1) is 5.92 Å².